The zero-order valence-electron chi connectivity index (χ0n) is 11.9. The molecular formula is C16H16N2OS3. The van der Waals surface area contributed by atoms with E-state index in [0.717, 1.165) is 27.1 Å². The van der Waals surface area contributed by atoms with Crippen LogP contribution in [0.3, 0.4) is 0 Å². The van der Waals surface area contributed by atoms with Crippen LogP contribution in [0.1, 0.15) is 16.5 Å². The fourth-order valence-corrected chi connectivity index (χ4v) is 4.78. The normalized spacial score (nSPS) is 15.4. The van der Waals surface area contributed by atoms with Crippen molar-refractivity contribution in [2.24, 2.45) is 4.99 Å². The molecule has 2 aromatic rings. The van der Waals surface area contributed by atoms with Gasteiger partial charge in [-0.25, -0.2) is 0 Å². The van der Waals surface area contributed by atoms with E-state index in [0.29, 0.717) is 5.75 Å². The van der Waals surface area contributed by atoms with Crippen LogP contribution in [0.4, 0.5) is 0 Å². The predicted molar refractivity (Wildman–Crippen MR) is 98.0 cm³/mol. The third kappa shape index (κ3) is 4.15. The molecule has 1 amide bonds. The van der Waals surface area contributed by atoms with Crippen LogP contribution in [0.2, 0.25) is 0 Å². The van der Waals surface area contributed by atoms with Crippen LogP contribution in [0.5, 0.6) is 0 Å². The van der Waals surface area contributed by atoms with Crippen LogP contribution in [0.15, 0.2) is 52.8 Å². The molecule has 1 atom stereocenters. The van der Waals surface area contributed by atoms with E-state index in [2.05, 4.69) is 28.5 Å². The molecule has 0 bridgehead atoms. The molecule has 3 nitrogen and oxygen atoms in total. The highest BCUT2D eigenvalue weighted by molar-refractivity contribution is 8.39. The van der Waals surface area contributed by atoms with Gasteiger partial charge in [0.05, 0.1) is 18.3 Å². The summed E-state index contributed by atoms with van der Waals surface area (Å²) in [6, 6.07) is 14.1. The minimum atomic E-state index is -0.0764. The molecule has 22 heavy (non-hydrogen) atoms. The van der Waals surface area contributed by atoms with Crippen LogP contribution in [-0.2, 0) is 4.79 Å². The second-order valence-corrected chi connectivity index (χ2v) is 8.00. The molecule has 6 heteroatoms. The molecule has 1 aliphatic rings. The summed E-state index contributed by atoms with van der Waals surface area (Å²) in [6.07, 6.45) is 0. The summed E-state index contributed by atoms with van der Waals surface area (Å²) in [5.41, 5.74) is 1.11. The number of amides is 1. The summed E-state index contributed by atoms with van der Waals surface area (Å²) < 4.78 is 1.03. The number of rotatable bonds is 5. The molecule has 0 aliphatic carbocycles. The van der Waals surface area contributed by atoms with Crippen molar-refractivity contribution in [3.63, 3.8) is 0 Å². The van der Waals surface area contributed by atoms with E-state index in [1.54, 1.807) is 23.1 Å². The first kappa shape index (κ1) is 15.6. The van der Waals surface area contributed by atoms with Crippen molar-refractivity contribution in [3.05, 3.63) is 58.3 Å². The third-order valence-corrected chi connectivity index (χ3v) is 6.34. The summed E-state index contributed by atoms with van der Waals surface area (Å²) in [4.78, 5) is 17.8. The van der Waals surface area contributed by atoms with E-state index in [9.17, 15) is 4.79 Å². The molecule has 114 valence electrons. The minimum absolute atomic E-state index is 0.0439. The van der Waals surface area contributed by atoms with Crippen molar-refractivity contribution >= 4 is 45.1 Å². The highest BCUT2D eigenvalue weighted by Gasteiger charge is 2.18. The molecule has 1 aromatic heterocycles. The van der Waals surface area contributed by atoms with Gasteiger partial charge in [-0.05, 0) is 17.0 Å². The van der Waals surface area contributed by atoms with Crippen LogP contribution >= 0.6 is 34.9 Å². The molecule has 0 saturated heterocycles. The molecule has 1 aliphatic heterocycles. The van der Waals surface area contributed by atoms with Gasteiger partial charge < -0.3 is 5.32 Å². The second-order valence-electron chi connectivity index (χ2n) is 4.71. The molecular weight excluding hydrogens is 332 g/mol. The maximum Gasteiger partial charge on any atom is 0.231 e. The van der Waals surface area contributed by atoms with E-state index < -0.39 is 0 Å². The van der Waals surface area contributed by atoms with Crippen molar-refractivity contribution < 1.29 is 4.79 Å². The van der Waals surface area contributed by atoms with Crippen molar-refractivity contribution in [1.82, 2.24) is 5.32 Å². The molecule has 3 rings (SSSR count). The largest absolute Gasteiger partial charge is 0.344 e. The van der Waals surface area contributed by atoms with Gasteiger partial charge in [-0.2, -0.15) is 0 Å². The summed E-state index contributed by atoms with van der Waals surface area (Å²) in [5, 5.41) is 5.18. The number of hydrogen-bond donors (Lipinski definition) is 1. The first-order chi connectivity index (χ1) is 10.8. The number of thiophene rings is 1. The Bertz CT molecular complexity index is 641. The number of carbonyl (C=O) groups excluding carboxylic acids is 1. The predicted octanol–water partition coefficient (Wildman–Crippen LogP) is 3.79. The van der Waals surface area contributed by atoms with Crippen molar-refractivity contribution in [3.8, 4) is 0 Å². The lowest BCUT2D eigenvalue weighted by Crippen LogP contribution is -2.30. The summed E-state index contributed by atoms with van der Waals surface area (Å²) in [6.45, 7) is 0.871. The third-order valence-electron chi connectivity index (χ3n) is 3.15. The zero-order chi connectivity index (χ0) is 15.2. The smallest absolute Gasteiger partial charge is 0.231 e. The lowest BCUT2D eigenvalue weighted by molar-refractivity contribution is -0.119. The Kier molecular flexibility index (Phi) is 5.58. The molecule has 0 spiro atoms. The monoisotopic (exact) mass is 348 g/mol. The van der Waals surface area contributed by atoms with Crippen LogP contribution in [0.25, 0.3) is 0 Å². The minimum Gasteiger partial charge on any atom is -0.344 e. The summed E-state index contributed by atoms with van der Waals surface area (Å²) in [5.74, 6) is 1.49. The topological polar surface area (TPSA) is 41.5 Å². The average molecular weight is 349 g/mol. The van der Waals surface area contributed by atoms with E-state index in [1.807, 2.05) is 29.6 Å². The highest BCUT2D eigenvalue weighted by Crippen LogP contribution is 2.26. The number of nitrogens with one attached hydrogen (secondary N) is 1. The quantitative estimate of drug-likeness (QED) is 0.894. The van der Waals surface area contributed by atoms with Crippen molar-refractivity contribution in [1.29, 1.82) is 0 Å². The maximum absolute atomic E-state index is 12.3. The number of hydrogen-bond acceptors (Lipinski definition) is 5. The molecule has 0 saturated carbocycles. The number of carbonyl (C=O) groups is 1. The second kappa shape index (κ2) is 7.85. The van der Waals surface area contributed by atoms with Crippen LogP contribution in [-0.4, -0.2) is 28.3 Å². The van der Waals surface area contributed by atoms with Crippen LogP contribution < -0.4 is 5.32 Å². The Hall–Kier alpha value is -1.24. The maximum atomic E-state index is 12.3. The Morgan fingerprint density at radius 2 is 2.14 bits per heavy atom. The highest BCUT2D eigenvalue weighted by atomic mass is 32.2. The molecule has 2 heterocycles. The lowest BCUT2D eigenvalue weighted by Gasteiger charge is -2.18. The fourth-order valence-electron chi connectivity index (χ4n) is 2.15. The number of nitrogens with zero attached hydrogens (tertiary/aromatic N) is 1. The van der Waals surface area contributed by atoms with Gasteiger partial charge in [0.2, 0.25) is 5.91 Å². The molecule has 1 N–H and O–H groups in total. The van der Waals surface area contributed by atoms with E-state index in [1.165, 1.54) is 11.8 Å². The Morgan fingerprint density at radius 3 is 2.82 bits per heavy atom. The van der Waals surface area contributed by atoms with Gasteiger partial charge in [0.15, 0.2) is 0 Å². The summed E-state index contributed by atoms with van der Waals surface area (Å²) >= 11 is 4.93. The van der Waals surface area contributed by atoms with Gasteiger partial charge in [-0.3, -0.25) is 9.79 Å². The van der Waals surface area contributed by atoms with Crippen molar-refractivity contribution in [2.75, 3.05) is 18.1 Å². The summed E-state index contributed by atoms with van der Waals surface area (Å²) in [7, 11) is 0. The average Bonchev–Trinajstić information content (AvgIpc) is 3.25. The first-order valence-corrected chi connectivity index (χ1v) is 9.86. The van der Waals surface area contributed by atoms with E-state index in [-0.39, 0.29) is 11.9 Å². The number of benzene rings is 1. The van der Waals surface area contributed by atoms with Gasteiger partial charge in [0.1, 0.15) is 4.38 Å². The van der Waals surface area contributed by atoms with E-state index >= 15 is 0 Å². The Labute approximate surface area is 142 Å². The first-order valence-electron chi connectivity index (χ1n) is 7.00. The Balaban J connectivity index is 1.66. The molecule has 0 fully saturated rings. The zero-order valence-corrected chi connectivity index (χ0v) is 14.3. The molecule has 0 unspecified atom stereocenters. The van der Waals surface area contributed by atoms with Gasteiger partial charge in [-0.1, -0.05) is 59.9 Å². The molecule has 0 radical (unpaired) electrons. The number of aliphatic imine (C=N–C) groups is 1. The van der Waals surface area contributed by atoms with Crippen molar-refractivity contribution in [2.45, 2.75) is 6.04 Å². The standard InChI is InChI=1S/C16H16N2OS3/c19-14(11-22-16-17-8-10-21-16)18-15(13-7-4-9-20-13)12-5-2-1-3-6-12/h1-7,9,15H,8,10-11H2,(H,18,19)/t15-/m0/s1. The van der Waals surface area contributed by atoms with Gasteiger partial charge in [0, 0.05) is 10.6 Å². The van der Waals surface area contributed by atoms with Gasteiger partial charge in [0.25, 0.3) is 0 Å². The molecule has 1 aromatic carbocycles. The number of thioether (sulfide) groups is 2. The Morgan fingerprint density at radius 1 is 1.27 bits per heavy atom. The lowest BCUT2D eigenvalue weighted by atomic mass is 10.1. The van der Waals surface area contributed by atoms with E-state index in [4.69, 9.17) is 0 Å². The SMILES string of the molecule is O=C(CSC1=NCCS1)N[C@@H](c1ccccc1)c1cccs1. The van der Waals surface area contributed by atoms with Gasteiger partial charge in [-0.15, -0.1) is 11.3 Å². The van der Waals surface area contributed by atoms with Crippen LogP contribution in [0, 0.1) is 0 Å². The fraction of sp³-hybridized carbons (Fsp3) is 0.250. The van der Waals surface area contributed by atoms with Gasteiger partial charge >= 0.3 is 0 Å².